The fraction of sp³-hybridized carbons (Fsp3) is 0.405. The van der Waals surface area contributed by atoms with Gasteiger partial charge in [-0.3, -0.25) is 19.2 Å². The van der Waals surface area contributed by atoms with Gasteiger partial charge in [-0.25, -0.2) is 0 Å². The molecule has 5 N–H and O–H groups in total. The Bertz CT molecular complexity index is 1630. The Morgan fingerprint density at radius 1 is 1.04 bits per heavy atom. The van der Waals surface area contributed by atoms with Crippen molar-refractivity contribution in [2.45, 2.75) is 78.2 Å². The third-order valence-corrected chi connectivity index (χ3v) is 8.39. The molecule has 0 aromatic heterocycles. The van der Waals surface area contributed by atoms with E-state index in [1.54, 1.807) is 37.1 Å². The summed E-state index contributed by atoms with van der Waals surface area (Å²) >= 11 is 0. The molecule has 0 spiro atoms. The van der Waals surface area contributed by atoms with Crippen LogP contribution in [-0.4, -0.2) is 61.5 Å². The number of fused-ring (bicyclic) bond motifs is 1. The molecule has 1 aliphatic rings. The maximum atomic E-state index is 12.9. The lowest BCUT2D eigenvalue weighted by Crippen LogP contribution is -2.45. The van der Waals surface area contributed by atoms with Crippen molar-refractivity contribution in [3.8, 4) is 11.5 Å². The number of nitrogens with one attached hydrogen (secondary N) is 4. The number of anilines is 3. The number of hydrogen-bond acceptors (Lipinski definition) is 8. The summed E-state index contributed by atoms with van der Waals surface area (Å²) in [6.07, 6.45) is 4.69. The van der Waals surface area contributed by atoms with E-state index in [0.717, 1.165) is 54.6 Å². The van der Waals surface area contributed by atoms with Crippen LogP contribution in [0.3, 0.4) is 0 Å². The molecule has 4 rings (SSSR count). The molecule has 2 unspecified atom stereocenters. The highest BCUT2D eigenvalue weighted by molar-refractivity contribution is 5.97. The second-order valence-corrected chi connectivity index (χ2v) is 12.2. The van der Waals surface area contributed by atoms with Gasteiger partial charge in [-0.2, -0.15) is 0 Å². The van der Waals surface area contributed by atoms with E-state index in [2.05, 4.69) is 21.3 Å². The Morgan fingerprint density at radius 3 is 2.55 bits per heavy atom. The van der Waals surface area contributed by atoms with Gasteiger partial charge in [-0.05, 0) is 79.3 Å². The Labute approximate surface area is 287 Å². The number of rotatable bonds is 18. The normalized spacial score (nSPS) is 14.0. The molecular weight excluding hydrogens is 626 g/mol. The zero-order valence-electron chi connectivity index (χ0n) is 28.6. The molecule has 2 atom stereocenters. The van der Waals surface area contributed by atoms with Crippen molar-refractivity contribution in [2.75, 3.05) is 35.7 Å². The predicted octanol–water partition coefficient (Wildman–Crippen LogP) is 4.21. The van der Waals surface area contributed by atoms with Crippen LogP contribution in [0, 0.1) is 6.92 Å². The Hall–Kier alpha value is -5.10. The number of nitrogens with zero attached hydrogens (tertiary/aromatic N) is 1. The molecule has 3 aromatic rings. The van der Waals surface area contributed by atoms with Crippen molar-refractivity contribution in [2.24, 2.45) is 0 Å². The summed E-state index contributed by atoms with van der Waals surface area (Å²) in [4.78, 5) is 50.8. The molecule has 3 aromatic carbocycles. The van der Waals surface area contributed by atoms with Crippen LogP contribution in [0.4, 0.5) is 17.1 Å². The van der Waals surface area contributed by atoms with Crippen LogP contribution in [0.5, 0.6) is 11.5 Å². The van der Waals surface area contributed by atoms with Crippen LogP contribution in [0.2, 0.25) is 0 Å². The third kappa shape index (κ3) is 10.2. The molecular formula is C37H47N5O7. The zero-order valence-corrected chi connectivity index (χ0v) is 28.6. The fourth-order valence-corrected chi connectivity index (χ4v) is 5.73. The molecule has 0 radical (unpaired) electrons. The molecule has 0 fully saturated rings. The van der Waals surface area contributed by atoms with Crippen molar-refractivity contribution >= 4 is 41.2 Å². The zero-order chi connectivity index (χ0) is 35.3. The third-order valence-electron chi connectivity index (χ3n) is 8.39. The number of hydrogen-bond donors (Lipinski definition) is 5. The van der Waals surface area contributed by atoms with E-state index in [-0.39, 0.29) is 31.7 Å². The van der Waals surface area contributed by atoms with Gasteiger partial charge in [0.1, 0.15) is 12.6 Å². The van der Waals surface area contributed by atoms with Crippen LogP contribution < -0.4 is 35.6 Å². The van der Waals surface area contributed by atoms with Gasteiger partial charge in [0.05, 0.1) is 26.3 Å². The first-order valence-electron chi connectivity index (χ1n) is 16.6. The maximum absolute atomic E-state index is 12.9. The first-order valence-corrected chi connectivity index (χ1v) is 16.6. The topological polar surface area (TPSA) is 158 Å². The number of unbranched alkanes of at least 4 members (excludes halogenated alkanes) is 2. The number of aliphatic hydroxyl groups is 1. The van der Waals surface area contributed by atoms with Crippen LogP contribution in [-0.2, 0) is 38.8 Å². The lowest BCUT2D eigenvalue weighted by atomic mass is 10.1. The average molecular weight is 674 g/mol. The number of benzene rings is 3. The number of ether oxygens (including phenoxy) is 2. The Balaban J connectivity index is 1.36. The average Bonchev–Trinajstić information content (AvgIpc) is 3.46. The fourth-order valence-electron chi connectivity index (χ4n) is 5.73. The summed E-state index contributed by atoms with van der Waals surface area (Å²) in [6.45, 7) is 5.73. The van der Waals surface area contributed by atoms with Crippen molar-refractivity contribution in [3.05, 3.63) is 76.9 Å². The van der Waals surface area contributed by atoms with E-state index in [9.17, 15) is 24.3 Å². The monoisotopic (exact) mass is 673 g/mol. The summed E-state index contributed by atoms with van der Waals surface area (Å²) in [5.74, 6) is -0.0990. The summed E-state index contributed by atoms with van der Waals surface area (Å²) < 4.78 is 11.8. The Morgan fingerprint density at radius 2 is 1.82 bits per heavy atom. The van der Waals surface area contributed by atoms with Crippen molar-refractivity contribution in [1.29, 1.82) is 0 Å². The second-order valence-electron chi connectivity index (χ2n) is 12.2. The highest BCUT2D eigenvalue weighted by atomic mass is 16.5. The van der Waals surface area contributed by atoms with Crippen molar-refractivity contribution in [1.82, 2.24) is 10.6 Å². The van der Waals surface area contributed by atoms with Gasteiger partial charge in [0.2, 0.25) is 24.1 Å². The number of para-hydroxylation sites is 1. The van der Waals surface area contributed by atoms with Crippen LogP contribution in [0.15, 0.2) is 54.6 Å². The van der Waals surface area contributed by atoms with E-state index in [0.29, 0.717) is 41.3 Å². The molecule has 0 aliphatic carbocycles. The molecule has 12 nitrogen and oxygen atoms in total. The largest absolute Gasteiger partial charge is 0.493 e. The van der Waals surface area contributed by atoms with E-state index >= 15 is 0 Å². The van der Waals surface area contributed by atoms with Crippen LogP contribution in [0.1, 0.15) is 61.8 Å². The van der Waals surface area contributed by atoms with Crippen LogP contribution in [0.25, 0.3) is 0 Å². The predicted molar refractivity (Wildman–Crippen MR) is 189 cm³/mol. The number of aliphatic hydroxyl groups excluding tert-OH is 1. The number of carbonyl (C=O) groups excluding carboxylic acids is 4. The second kappa shape index (κ2) is 17.9. The first-order chi connectivity index (χ1) is 23.6. The molecule has 262 valence electrons. The molecule has 12 heteroatoms. The quantitative estimate of drug-likeness (QED) is 0.0993. The van der Waals surface area contributed by atoms with Gasteiger partial charge in [0, 0.05) is 36.1 Å². The first kappa shape index (κ1) is 36.7. The van der Waals surface area contributed by atoms with Crippen molar-refractivity contribution in [3.63, 3.8) is 0 Å². The maximum Gasteiger partial charge on any atom is 0.246 e. The lowest BCUT2D eigenvalue weighted by molar-refractivity contribution is -0.128. The summed E-state index contributed by atoms with van der Waals surface area (Å²) in [6, 6.07) is 15.9. The number of amides is 4. The molecule has 4 amide bonds. The van der Waals surface area contributed by atoms with Gasteiger partial charge in [-0.15, -0.1) is 0 Å². The van der Waals surface area contributed by atoms with Gasteiger partial charge < -0.3 is 40.7 Å². The van der Waals surface area contributed by atoms with Gasteiger partial charge in [0.15, 0.2) is 11.5 Å². The Kier molecular flexibility index (Phi) is 13.4. The van der Waals surface area contributed by atoms with Gasteiger partial charge in [-0.1, -0.05) is 38.0 Å². The number of methoxy groups -OCH3 is 1. The van der Waals surface area contributed by atoms with Gasteiger partial charge in [0.25, 0.3) is 0 Å². The van der Waals surface area contributed by atoms with Crippen LogP contribution >= 0.6 is 0 Å². The number of aryl methyl sites for hydroxylation is 1. The molecule has 0 saturated carbocycles. The van der Waals surface area contributed by atoms with Gasteiger partial charge >= 0.3 is 0 Å². The minimum atomic E-state index is -0.873. The van der Waals surface area contributed by atoms with E-state index in [4.69, 9.17) is 9.47 Å². The summed E-state index contributed by atoms with van der Waals surface area (Å²) in [7, 11) is 1.56. The lowest BCUT2D eigenvalue weighted by Gasteiger charge is -2.23. The van der Waals surface area contributed by atoms with E-state index < -0.39 is 17.9 Å². The summed E-state index contributed by atoms with van der Waals surface area (Å²) in [5.41, 5.74) is 5.52. The molecule has 0 bridgehead atoms. The number of carbonyl (C=O) groups is 4. The van der Waals surface area contributed by atoms with E-state index in [1.165, 1.54) is 0 Å². The molecule has 1 heterocycles. The summed E-state index contributed by atoms with van der Waals surface area (Å²) in [5, 5.41) is 21.3. The molecule has 49 heavy (non-hydrogen) atoms. The minimum absolute atomic E-state index is 0.0344. The smallest absolute Gasteiger partial charge is 0.246 e. The molecule has 0 saturated heterocycles. The SMILES string of the molecule is CCCCCC(=O)NCC(=O)NC(C)C(=O)Nc1cc(CO)cc(COc2cc(NCC3Cc4ccccc4N3C=O)c(C)cc2OC)c1. The van der Waals surface area contributed by atoms with E-state index in [1.807, 2.05) is 50.2 Å². The minimum Gasteiger partial charge on any atom is -0.493 e. The molecule has 1 aliphatic heterocycles. The highest BCUT2D eigenvalue weighted by Gasteiger charge is 2.28. The standard InChI is InChI=1S/C37H47N5O7/c1-5-6-7-12-35(45)39-20-36(46)40-25(3)37(47)41-29-15-26(21-43)14-27(16-29)22-49-34-18-31(24(2)13-33(34)48-4)38-19-30-17-28-10-8-9-11-32(28)42(30)23-44/h8-11,13-16,18,23,25,30,38,43H,5-7,12,17,19-22H2,1-4H3,(H,39,45)(H,40,46)(H,41,47). The van der Waals surface area contributed by atoms with Crippen molar-refractivity contribution < 1.29 is 33.8 Å². The highest BCUT2D eigenvalue weighted by Crippen LogP contribution is 2.35.